The first-order valence-corrected chi connectivity index (χ1v) is 7.88. The molecular weight excluding hydrogens is 232 g/mol. The first kappa shape index (κ1) is 14.3. The molecule has 1 aromatic carbocycles. The average Bonchev–Trinajstić information content (AvgIpc) is 2.47. The Bertz CT molecular complexity index is 420. The van der Waals surface area contributed by atoms with Crippen molar-refractivity contribution in [2.24, 2.45) is 5.92 Å². The van der Waals surface area contributed by atoms with Crippen molar-refractivity contribution < 1.29 is 4.79 Å². The van der Waals surface area contributed by atoms with Crippen LogP contribution in [-0.4, -0.2) is 6.29 Å². The zero-order valence-electron chi connectivity index (χ0n) is 12.3. The molecule has 1 aliphatic rings. The Balaban J connectivity index is 2.39. The Morgan fingerprint density at radius 2 is 2.00 bits per heavy atom. The van der Waals surface area contributed by atoms with Crippen molar-refractivity contribution in [3.63, 3.8) is 0 Å². The van der Waals surface area contributed by atoms with Gasteiger partial charge in [-0.2, -0.15) is 0 Å². The van der Waals surface area contributed by atoms with Gasteiger partial charge in [0, 0.05) is 5.56 Å². The molecule has 1 fully saturated rings. The van der Waals surface area contributed by atoms with Crippen molar-refractivity contribution in [2.45, 2.75) is 64.7 Å². The zero-order valence-corrected chi connectivity index (χ0v) is 12.3. The molecule has 104 valence electrons. The Kier molecular flexibility index (Phi) is 5.18. The highest BCUT2D eigenvalue weighted by Crippen LogP contribution is 2.42. The molecule has 19 heavy (non-hydrogen) atoms. The average molecular weight is 258 g/mol. The highest BCUT2D eigenvalue weighted by Gasteiger charge is 2.28. The van der Waals surface area contributed by atoms with Gasteiger partial charge in [0.05, 0.1) is 0 Å². The number of carbonyl (C=O) groups excluding carboxylic acids is 1. The SMILES string of the molecule is CCCC1CCCCC1c1c(C=O)cccc1CC. The summed E-state index contributed by atoms with van der Waals surface area (Å²) < 4.78 is 0. The summed E-state index contributed by atoms with van der Waals surface area (Å²) in [5.41, 5.74) is 3.70. The third-order valence-corrected chi connectivity index (χ3v) is 4.68. The van der Waals surface area contributed by atoms with Crippen LogP contribution in [0.1, 0.15) is 79.8 Å². The van der Waals surface area contributed by atoms with E-state index in [1.807, 2.05) is 12.1 Å². The minimum Gasteiger partial charge on any atom is -0.298 e. The lowest BCUT2D eigenvalue weighted by atomic mass is 9.71. The van der Waals surface area contributed by atoms with Gasteiger partial charge in [0.1, 0.15) is 6.29 Å². The van der Waals surface area contributed by atoms with Crippen molar-refractivity contribution in [2.75, 3.05) is 0 Å². The lowest BCUT2D eigenvalue weighted by Crippen LogP contribution is -2.20. The van der Waals surface area contributed by atoms with Crippen molar-refractivity contribution in [1.82, 2.24) is 0 Å². The fraction of sp³-hybridized carbons (Fsp3) is 0.611. The number of aldehydes is 1. The smallest absolute Gasteiger partial charge is 0.150 e. The molecule has 0 amide bonds. The van der Waals surface area contributed by atoms with Crippen LogP contribution in [-0.2, 0) is 6.42 Å². The predicted octanol–water partition coefficient (Wildman–Crippen LogP) is 5.14. The molecule has 0 bridgehead atoms. The van der Waals surface area contributed by atoms with E-state index in [1.54, 1.807) is 0 Å². The maximum atomic E-state index is 11.4. The number of carbonyl (C=O) groups is 1. The maximum Gasteiger partial charge on any atom is 0.150 e. The summed E-state index contributed by atoms with van der Waals surface area (Å²) in [5.74, 6) is 1.40. The fourth-order valence-electron chi connectivity index (χ4n) is 3.80. The van der Waals surface area contributed by atoms with E-state index in [0.717, 1.165) is 24.2 Å². The van der Waals surface area contributed by atoms with Crippen LogP contribution in [0.25, 0.3) is 0 Å². The fourth-order valence-corrected chi connectivity index (χ4v) is 3.80. The van der Waals surface area contributed by atoms with Gasteiger partial charge in [0.25, 0.3) is 0 Å². The van der Waals surface area contributed by atoms with Crippen LogP contribution in [0, 0.1) is 5.92 Å². The molecule has 0 aromatic heterocycles. The molecule has 0 saturated heterocycles. The van der Waals surface area contributed by atoms with Gasteiger partial charge in [-0.15, -0.1) is 0 Å². The maximum absolute atomic E-state index is 11.4. The second-order valence-electron chi connectivity index (χ2n) is 5.83. The third kappa shape index (κ3) is 3.08. The van der Waals surface area contributed by atoms with Crippen LogP contribution in [0.3, 0.4) is 0 Å². The molecule has 2 atom stereocenters. The van der Waals surface area contributed by atoms with Gasteiger partial charge >= 0.3 is 0 Å². The van der Waals surface area contributed by atoms with Gasteiger partial charge in [-0.3, -0.25) is 4.79 Å². The standard InChI is InChI=1S/C18H26O/c1-3-8-15-9-5-6-12-17(15)18-14(4-2)10-7-11-16(18)13-19/h7,10-11,13,15,17H,3-6,8-9,12H2,1-2H3. The summed E-state index contributed by atoms with van der Waals surface area (Å²) in [6.45, 7) is 4.48. The molecule has 2 unspecified atom stereocenters. The number of benzene rings is 1. The quantitative estimate of drug-likeness (QED) is 0.669. The summed E-state index contributed by atoms with van der Waals surface area (Å²) in [6, 6.07) is 6.24. The summed E-state index contributed by atoms with van der Waals surface area (Å²) in [6.07, 6.45) is 9.95. The Labute approximate surface area is 117 Å². The largest absolute Gasteiger partial charge is 0.298 e. The van der Waals surface area contributed by atoms with Crippen molar-refractivity contribution in [3.05, 3.63) is 34.9 Å². The molecule has 2 rings (SSSR count). The van der Waals surface area contributed by atoms with Crippen LogP contribution < -0.4 is 0 Å². The molecular formula is C18H26O. The molecule has 1 saturated carbocycles. The lowest BCUT2D eigenvalue weighted by Gasteiger charge is -2.34. The monoisotopic (exact) mass is 258 g/mol. The normalized spacial score (nSPS) is 23.3. The molecule has 1 aromatic rings. The molecule has 0 N–H and O–H groups in total. The summed E-state index contributed by atoms with van der Waals surface area (Å²) in [5, 5.41) is 0. The molecule has 0 heterocycles. The van der Waals surface area contributed by atoms with Crippen LogP contribution in [0.5, 0.6) is 0 Å². The molecule has 1 nitrogen and oxygen atoms in total. The topological polar surface area (TPSA) is 17.1 Å². The molecule has 1 heteroatoms. The number of aryl methyl sites for hydroxylation is 1. The van der Waals surface area contributed by atoms with Crippen molar-refractivity contribution in [3.8, 4) is 0 Å². The van der Waals surface area contributed by atoms with E-state index < -0.39 is 0 Å². The highest BCUT2D eigenvalue weighted by atomic mass is 16.1. The van der Waals surface area contributed by atoms with Gasteiger partial charge < -0.3 is 0 Å². The van der Waals surface area contributed by atoms with Gasteiger partial charge in [-0.1, -0.05) is 57.7 Å². The van der Waals surface area contributed by atoms with E-state index in [0.29, 0.717) is 5.92 Å². The van der Waals surface area contributed by atoms with Crippen LogP contribution in [0.4, 0.5) is 0 Å². The minimum atomic E-state index is 0.616. The van der Waals surface area contributed by atoms with E-state index in [1.165, 1.54) is 49.7 Å². The molecule has 0 spiro atoms. The number of hydrogen-bond acceptors (Lipinski definition) is 1. The third-order valence-electron chi connectivity index (χ3n) is 4.68. The summed E-state index contributed by atoms with van der Waals surface area (Å²) in [7, 11) is 0. The van der Waals surface area contributed by atoms with E-state index in [-0.39, 0.29) is 0 Å². The van der Waals surface area contributed by atoms with Gasteiger partial charge in [0.15, 0.2) is 0 Å². The van der Waals surface area contributed by atoms with Gasteiger partial charge in [-0.25, -0.2) is 0 Å². The van der Waals surface area contributed by atoms with E-state index in [2.05, 4.69) is 19.9 Å². The first-order chi connectivity index (χ1) is 9.31. The van der Waals surface area contributed by atoms with Crippen molar-refractivity contribution in [1.29, 1.82) is 0 Å². The number of rotatable bonds is 5. The van der Waals surface area contributed by atoms with Crippen LogP contribution >= 0.6 is 0 Å². The Morgan fingerprint density at radius 3 is 2.68 bits per heavy atom. The highest BCUT2D eigenvalue weighted by molar-refractivity contribution is 5.78. The van der Waals surface area contributed by atoms with Crippen LogP contribution in [0.15, 0.2) is 18.2 Å². The first-order valence-electron chi connectivity index (χ1n) is 7.88. The summed E-state index contributed by atoms with van der Waals surface area (Å²) >= 11 is 0. The Morgan fingerprint density at radius 1 is 1.21 bits per heavy atom. The van der Waals surface area contributed by atoms with E-state index in [9.17, 15) is 4.79 Å². The van der Waals surface area contributed by atoms with Gasteiger partial charge in [0.2, 0.25) is 0 Å². The van der Waals surface area contributed by atoms with E-state index in [4.69, 9.17) is 0 Å². The molecule has 0 aliphatic heterocycles. The van der Waals surface area contributed by atoms with Gasteiger partial charge in [-0.05, 0) is 42.2 Å². The summed E-state index contributed by atoms with van der Waals surface area (Å²) in [4.78, 5) is 11.4. The lowest BCUT2D eigenvalue weighted by molar-refractivity contribution is 0.112. The van der Waals surface area contributed by atoms with Crippen LogP contribution in [0.2, 0.25) is 0 Å². The van der Waals surface area contributed by atoms with E-state index >= 15 is 0 Å². The second kappa shape index (κ2) is 6.88. The van der Waals surface area contributed by atoms with Crippen molar-refractivity contribution >= 4 is 6.29 Å². The zero-order chi connectivity index (χ0) is 13.7. The Hall–Kier alpha value is -1.11. The predicted molar refractivity (Wildman–Crippen MR) is 80.8 cm³/mol. The second-order valence-corrected chi connectivity index (χ2v) is 5.83. The molecule has 1 aliphatic carbocycles. The minimum absolute atomic E-state index is 0.616. The molecule has 0 radical (unpaired) electrons. The number of hydrogen-bond donors (Lipinski definition) is 0.